The summed E-state index contributed by atoms with van der Waals surface area (Å²) in [6.07, 6.45) is 1.87. The zero-order valence-electron chi connectivity index (χ0n) is 10.9. The number of H-pyrrole nitrogens is 1. The van der Waals surface area contributed by atoms with Gasteiger partial charge >= 0.3 is 0 Å². The van der Waals surface area contributed by atoms with Crippen molar-refractivity contribution in [2.45, 2.75) is 45.4 Å². The fourth-order valence-electron chi connectivity index (χ4n) is 1.73. The Labute approximate surface area is 103 Å². The van der Waals surface area contributed by atoms with Crippen molar-refractivity contribution in [1.29, 1.82) is 0 Å². The van der Waals surface area contributed by atoms with Crippen molar-refractivity contribution in [3.8, 4) is 0 Å². The van der Waals surface area contributed by atoms with Crippen LogP contribution in [0, 0.1) is 19.8 Å². The van der Waals surface area contributed by atoms with Crippen molar-refractivity contribution < 1.29 is 8.42 Å². The highest BCUT2D eigenvalue weighted by molar-refractivity contribution is 7.89. The van der Waals surface area contributed by atoms with E-state index >= 15 is 0 Å². The molecule has 98 valence electrons. The third-order valence-electron chi connectivity index (χ3n) is 2.58. The standard InChI is InChI=1S/C11H21N3O2S/c1-8(2)6-5-7-12-17(15,16)11-9(3)13-14-10(11)4/h8,12H,5-7H2,1-4H3,(H,13,14). The number of rotatable bonds is 6. The highest BCUT2D eigenvalue weighted by atomic mass is 32.2. The molecule has 0 spiro atoms. The van der Waals surface area contributed by atoms with Crippen molar-refractivity contribution in [3.63, 3.8) is 0 Å². The first-order chi connectivity index (χ1) is 7.84. The van der Waals surface area contributed by atoms with Crippen LogP contribution in [0.4, 0.5) is 0 Å². The molecule has 0 amide bonds. The molecule has 0 bridgehead atoms. The van der Waals surface area contributed by atoms with E-state index in [1.54, 1.807) is 13.8 Å². The normalized spacial score (nSPS) is 12.3. The average Bonchev–Trinajstić information content (AvgIpc) is 2.53. The first-order valence-electron chi connectivity index (χ1n) is 5.86. The molecule has 2 N–H and O–H groups in total. The maximum absolute atomic E-state index is 12.0. The summed E-state index contributed by atoms with van der Waals surface area (Å²) in [5, 5.41) is 6.58. The Balaban J connectivity index is 2.64. The topological polar surface area (TPSA) is 74.8 Å². The van der Waals surface area contributed by atoms with E-state index in [9.17, 15) is 8.42 Å². The van der Waals surface area contributed by atoms with Gasteiger partial charge in [0.1, 0.15) is 4.90 Å². The minimum atomic E-state index is -3.42. The van der Waals surface area contributed by atoms with Gasteiger partial charge in [0.2, 0.25) is 10.0 Å². The Morgan fingerprint density at radius 3 is 2.47 bits per heavy atom. The van der Waals surface area contributed by atoms with Crippen LogP contribution in [0.1, 0.15) is 38.1 Å². The first-order valence-corrected chi connectivity index (χ1v) is 7.34. The van der Waals surface area contributed by atoms with E-state index in [1.165, 1.54) is 0 Å². The molecular weight excluding hydrogens is 238 g/mol. The number of aromatic amines is 1. The predicted octanol–water partition coefficient (Wildman–Crippen LogP) is 1.74. The summed E-state index contributed by atoms with van der Waals surface area (Å²) in [6.45, 7) is 8.12. The van der Waals surface area contributed by atoms with Crippen molar-refractivity contribution in [3.05, 3.63) is 11.4 Å². The van der Waals surface area contributed by atoms with Crippen LogP contribution in [0.3, 0.4) is 0 Å². The number of aryl methyl sites for hydroxylation is 2. The summed E-state index contributed by atoms with van der Waals surface area (Å²) in [5.74, 6) is 0.594. The van der Waals surface area contributed by atoms with E-state index in [-0.39, 0.29) is 4.90 Å². The molecule has 0 aromatic carbocycles. The van der Waals surface area contributed by atoms with Crippen molar-refractivity contribution >= 4 is 10.0 Å². The van der Waals surface area contributed by atoms with Crippen LogP contribution in [-0.2, 0) is 10.0 Å². The molecule has 0 radical (unpaired) electrons. The van der Waals surface area contributed by atoms with E-state index < -0.39 is 10.0 Å². The van der Waals surface area contributed by atoms with Crippen LogP contribution in [0.15, 0.2) is 4.90 Å². The third-order valence-corrected chi connectivity index (χ3v) is 4.30. The molecule has 17 heavy (non-hydrogen) atoms. The summed E-state index contributed by atoms with van der Waals surface area (Å²) < 4.78 is 26.6. The van der Waals surface area contributed by atoms with E-state index in [1.807, 2.05) is 0 Å². The van der Waals surface area contributed by atoms with Gasteiger partial charge in [-0.1, -0.05) is 13.8 Å². The van der Waals surface area contributed by atoms with Gasteiger partial charge < -0.3 is 0 Å². The van der Waals surface area contributed by atoms with E-state index in [0.717, 1.165) is 12.8 Å². The monoisotopic (exact) mass is 259 g/mol. The number of nitrogens with zero attached hydrogens (tertiary/aromatic N) is 1. The Morgan fingerprint density at radius 1 is 1.35 bits per heavy atom. The van der Waals surface area contributed by atoms with Gasteiger partial charge in [-0.3, -0.25) is 5.10 Å². The van der Waals surface area contributed by atoms with Gasteiger partial charge in [-0.25, -0.2) is 13.1 Å². The predicted molar refractivity (Wildman–Crippen MR) is 67.3 cm³/mol. The van der Waals surface area contributed by atoms with Crippen molar-refractivity contribution in [2.24, 2.45) is 5.92 Å². The molecule has 0 saturated carbocycles. The zero-order chi connectivity index (χ0) is 13.1. The van der Waals surface area contributed by atoms with Crippen LogP contribution in [0.25, 0.3) is 0 Å². The highest BCUT2D eigenvalue weighted by Crippen LogP contribution is 2.16. The minimum absolute atomic E-state index is 0.280. The van der Waals surface area contributed by atoms with Crippen LogP contribution in [0.5, 0.6) is 0 Å². The van der Waals surface area contributed by atoms with Crippen LogP contribution < -0.4 is 4.72 Å². The Kier molecular flexibility index (Phi) is 4.70. The molecular formula is C11H21N3O2S. The largest absolute Gasteiger partial charge is 0.281 e. The lowest BCUT2D eigenvalue weighted by Gasteiger charge is -2.08. The third kappa shape index (κ3) is 3.81. The smallest absolute Gasteiger partial charge is 0.244 e. The summed E-state index contributed by atoms with van der Waals surface area (Å²) in [6, 6.07) is 0. The summed E-state index contributed by atoms with van der Waals surface area (Å²) in [7, 11) is -3.42. The Hall–Kier alpha value is -0.880. The summed E-state index contributed by atoms with van der Waals surface area (Å²) in [4.78, 5) is 0.280. The second kappa shape index (κ2) is 5.64. The molecule has 0 saturated heterocycles. The fourth-order valence-corrected chi connectivity index (χ4v) is 3.17. The highest BCUT2D eigenvalue weighted by Gasteiger charge is 2.21. The number of hydrogen-bond donors (Lipinski definition) is 2. The average molecular weight is 259 g/mol. The zero-order valence-corrected chi connectivity index (χ0v) is 11.7. The molecule has 1 aromatic heterocycles. The molecule has 0 atom stereocenters. The van der Waals surface area contributed by atoms with Gasteiger partial charge in [-0.05, 0) is 32.6 Å². The number of sulfonamides is 1. The lowest BCUT2D eigenvalue weighted by atomic mass is 10.1. The Bertz CT molecular complexity index is 444. The van der Waals surface area contributed by atoms with Crippen LogP contribution in [-0.4, -0.2) is 25.2 Å². The molecule has 0 unspecified atom stereocenters. The quantitative estimate of drug-likeness (QED) is 0.764. The van der Waals surface area contributed by atoms with E-state index in [2.05, 4.69) is 28.8 Å². The molecule has 0 aliphatic rings. The second-order valence-corrected chi connectivity index (χ2v) is 6.40. The van der Waals surface area contributed by atoms with Crippen molar-refractivity contribution in [2.75, 3.05) is 6.54 Å². The molecule has 6 heteroatoms. The van der Waals surface area contributed by atoms with E-state index in [4.69, 9.17) is 0 Å². The summed E-state index contributed by atoms with van der Waals surface area (Å²) in [5.41, 5.74) is 1.10. The number of hydrogen-bond acceptors (Lipinski definition) is 3. The molecule has 0 aliphatic carbocycles. The second-order valence-electron chi connectivity index (χ2n) is 4.70. The minimum Gasteiger partial charge on any atom is -0.281 e. The SMILES string of the molecule is Cc1n[nH]c(C)c1S(=O)(=O)NCCCC(C)C. The molecule has 1 aromatic rings. The fraction of sp³-hybridized carbons (Fsp3) is 0.727. The van der Waals surface area contributed by atoms with Gasteiger partial charge in [0.05, 0.1) is 11.4 Å². The van der Waals surface area contributed by atoms with Gasteiger partial charge in [0, 0.05) is 6.54 Å². The first kappa shape index (κ1) is 14.2. The van der Waals surface area contributed by atoms with Gasteiger partial charge in [-0.15, -0.1) is 0 Å². The number of aromatic nitrogens is 2. The maximum Gasteiger partial charge on any atom is 0.244 e. The van der Waals surface area contributed by atoms with Crippen LogP contribution >= 0.6 is 0 Å². The van der Waals surface area contributed by atoms with Gasteiger partial charge in [0.25, 0.3) is 0 Å². The van der Waals surface area contributed by atoms with Crippen molar-refractivity contribution in [1.82, 2.24) is 14.9 Å². The molecule has 1 heterocycles. The van der Waals surface area contributed by atoms with Gasteiger partial charge in [-0.2, -0.15) is 5.10 Å². The van der Waals surface area contributed by atoms with Gasteiger partial charge in [0.15, 0.2) is 0 Å². The Morgan fingerprint density at radius 2 is 2.00 bits per heavy atom. The molecule has 1 rings (SSSR count). The maximum atomic E-state index is 12.0. The lowest BCUT2D eigenvalue weighted by molar-refractivity contribution is 0.539. The van der Waals surface area contributed by atoms with Crippen LogP contribution in [0.2, 0.25) is 0 Å². The van der Waals surface area contributed by atoms with E-state index in [0.29, 0.717) is 23.9 Å². The molecule has 5 nitrogen and oxygen atoms in total. The molecule has 0 fully saturated rings. The molecule has 0 aliphatic heterocycles. The summed E-state index contributed by atoms with van der Waals surface area (Å²) >= 11 is 0. The number of nitrogens with one attached hydrogen (secondary N) is 2. The lowest BCUT2D eigenvalue weighted by Crippen LogP contribution is -2.26.